The summed E-state index contributed by atoms with van der Waals surface area (Å²) in [6, 6.07) is 5.16. The number of nitrogens with two attached hydrogens (primary N) is 1. The number of thiophene rings is 1. The van der Waals surface area contributed by atoms with E-state index in [9.17, 15) is 0 Å². The number of guanidine groups is 1. The minimum Gasteiger partial charge on any atom is -0.370 e. The van der Waals surface area contributed by atoms with Crippen molar-refractivity contribution in [1.82, 2.24) is 5.32 Å². The van der Waals surface area contributed by atoms with Crippen LogP contribution >= 0.6 is 11.3 Å². The van der Waals surface area contributed by atoms with Crippen LogP contribution in [-0.2, 0) is 6.42 Å². The summed E-state index contributed by atoms with van der Waals surface area (Å²) in [4.78, 5) is 7.32. The van der Waals surface area contributed by atoms with Gasteiger partial charge in [0.2, 0.25) is 0 Å². The lowest BCUT2D eigenvalue weighted by Crippen LogP contribution is -2.40. The molecule has 0 saturated heterocycles. The van der Waals surface area contributed by atoms with E-state index in [4.69, 9.17) is 5.73 Å². The molecule has 0 radical (unpaired) electrons. The highest BCUT2D eigenvalue weighted by Crippen LogP contribution is 2.20. The molecule has 3 N–H and O–H groups in total. The first-order valence-electron chi connectivity index (χ1n) is 6.78. The molecule has 0 spiro atoms. The van der Waals surface area contributed by atoms with Crippen LogP contribution < -0.4 is 11.1 Å². The highest BCUT2D eigenvalue weighted by atomic mass is 32.1. The summed E-state index contributed by atoms with van der Waals surface area (Å²) in [6.07, 6.45) is 6.00. The van der Waals surface area contributed by atoms with Gasteiger partial charge in [-0.3, -0.25) is 4.99 Å². The Labute approximate surface area is 114 Å². The van der Waals surface area contributed by atoms with Crippen molar-refractivity contribution in [1.29, 1.82) is 0 Å². The van der Waals surface area contributed by atoms with Gasteiger partial charge in [0, 0.05) is 22.2 Å². The van der Waals surface area contributed by atoms with Crippen molar-refractivity contribution >= 4 is 17.3 Å². The average molecular weight is 265 g/mol. The van der Waals surface area contributed by atoms with E-state index in [2.05, 4.69) is 36.3 Å². The summed E-state index contributed by atoms with van der Waals surface area (Å²) in [5, 5.41) is 3.30. The van der Waals surface area contributed by atoms with Gasteiger partial charge in [-0.15, -0.1) is 11.3 Å². The predicted molar refractivity (Wildman–Crippen MR) is 79.2 cm³/mol. The van der Waals surface area contributed by atoms with Crippen LogP contribution in [0.25, 0.3) is 0 Å². The van der Waals surface area contributed by atoms with E-state index in [1.807, 2.05) is 11.3 Å². The number of hydrogen-bond acceptors (Lipinski definition) is 2. The van der Waals surface area contributed by atoms with E-state index >= 15 is 0 Å². The smallest absolute Gasteiger partial charge is 0.189 e. The quantitative estimate of drug-likeness (QED) is 0.649. The molecule has 2 rings (SSSR count). The molecule has 1 aromatic rings. The maximum absolute atomic E-state index is 5.96. The van der Waals surface area contributed by atoms with Crippen LogP contribution in [0.2, 0.25) is 0 Å². The van der Waals surface area contributed by atoms with Gasteiger partial charge in [0.15, 0.2) is 5.96 Å². The maximum Gasteiger partial charge on any atom is 0.189 e. The Hall–Kier alpha value is -1.03. The van der Waals surface area contributed by atoms with Gasteiger partial charge in [0.1, 0.15) is 0 Å². The molecule has 1 atom stereocenters. The van der Waals surface area contributed by atoms with E-state index in [0.29, 0.717) is 18.0 Å². The van der Waals surface area contributed by atoms with Crippen molar-refractivity contribution in [3.63, 3.8) is 0 Å². The van der Waals surface area contributed by atoms with Crippen LogP contribution in [-0.4, -0.2) is 18.0 Å². The fourth-order valence-electron chi connectivity index (χ4n) is 2.47. The predicted octanol–water partition coefficient (Wildman–Crippen LogP) is 2.83. The fraction of sp³-hybridized carbons (Fsp3) is 0.643. The van der Waals surface area contributed by atoms with E-state index in [1.165, 1.54) is 35.4 Å². The summed E-state index contributed by atoms with van der Waals surface area (Å²) in [5.74, 6) is 0.614. The first kappa shape index (κ1) is 13.4. The zero-order valence-corrected chi connectivity index (χ0v) is 12.1. The Kier molecular flexibility index (Phi) is 4.64. The second-order valence-corrected chi connectivity index (χ2v) is 6.59. The first-order valence-corrected chi connectivity index (χ1v) is 7.60. The lowest BCUT2D eigenvalue weighted by molar-refractivity contribution is 0.643. The fourth-order valence-corrected chi connectivity index (χ4v) is 3.49. The molecule has 18 heavy (non-hydrogen) atoms. The van der Waals surface area contributed by atoms with Crippen LogP contribution in [0.5, 0.6) is 0 Å². The molecule has 1 fully saturated rings. The van der Waals surface area contributed by atoms with Gasteiger partial charge in [0.25, 0.3) is 0 Å². The monoisotopic (exact) mass is 265 g/mol. The van der Waals surface area contributed by atoms with Gasteiger partial charge in [-0.2, -0.15) is 0 Å². The summed E-state index contributed by atoms with van der Waals surface area (Å²) in [7, 11) is 0. The molecular weight excluding hydrogens is 242 g/mol. The number of nitrogens with zero attached hydrogens (tertiary/aromatic N) is 1. The average Bonchev–Trinajstić information content (AvgIpc) is 2.90. The SMILES string of the molecule is Cc1ccc(CC(C)NC(N)=NC2CCCC2)s1. The molecule has 0 bridgehead atoms. The zero-order valence-electron chi connectivity index (χ0n) is 11.3. The van der Waals surface area contributed by atoms with Crippen molar-refractivity contribution in [3.8, 4) is 0 Å². The second kappa shape index (κ2) is 6.23. The summed E-state index contributed by atoms with van der Waals surface area (Å²) in [5.41, 5.74) is 5.96. The highest BCUT2D eigenvalue weighted by molar-refractivity contribution is 7.11. The molecule has 100 valence electrons. The summed E-state index contributed by atoms with van der Waals surface area (Å²) >= 11 is 1.86. The van der Waals surface area contributed by atoms with Crippen LogP contribution in [0.3, 0.4) is 0 Å². The topological polar surface area (TPSA) is 50.4 Å². The Morgan fingerprint density at radius 2 is 2.22 bits per heavy atom. The van der Waals surface area contributed by atoms with Crippen molar-refractivity contribution in [3.05, 3.63) is 21.9 Å². The maximum atomic E-state index is 5.96. The molecule has 4 heteroatoms. The van der Waals surface area contributed by atoms with E-state index in [-0.39, 0.29) is 0 Å². The third-order valence-electron chi connectivity index (χ3n) is 3.34. The normalized spacial score (nSPS) is 19.1. The van der Waals surface area contributed by atoms with Crippen molar-refractivity contribution < 1.29 is 0 Å². The minimum atomic E-state index is 0.341. The van der Waals surface area contributed by atoms with Gasteiger partial charge in [-0.05, 0) is 38.8 Å². The lowest BCUT2D eigenvalue weighted by Gasteiger charge is -2.14. The molecule has 0 amide bonds. The second-order valence-electron chi connectivity index (χ2n) is 5.21. The molecule has 1 saturated carbocycles. The molecule has 1 unspecified atom stereocenters. The Balaban J connectivity index is 1.81. The number of hydrogen-bond donors (Lipinski definition) is 2. The molecule has 1 heterocycles. The molecule has 3 nitrogen and oxygen atoms in total. The van der Waals surface area contributed by atoms with E-state index < -0.39 is 0 Å². The molecule has 1 aliphatic carbocycles. The highest BCUT2D eigenvalue weighted by Gasteiger charge is 2.14. The third kappa shape index (κ3) is 4.02. The van der Waals surface area contributed by atoms with Crippen LogP contribution in [0.4, 0.5) is 0 Å². The van der Waals surface area contributed by atoms with Gasteiger partial charge in [-0.1, -0.05) is 12.8 Å². The van der Waals surface area contributed by atoms with Crippen LogP contribution in [0.15, 0.2) is 17.1 Å². The van der Waals surface area contributed by atoms with Crippen molar-refractivity contribution in [2.75, 3.05) is 0 Å². The number of aliphatic imine (C=N–C) groups is 1. The molecule has 0 aliphatic heterocycles. The molecule has 1 aromatic heterocycles. The molecule has 1 aliphatic rings. The van der Waals surface area contributed by atoms with Gasteiger partial charge in [0.05, 0.1) is 6.04 Å². The van der Waals surface area contributed by atoms with Crippen molar-refractivity contribution in [2.24, 2.45) is 10.7 Å². The number of rotatable bonds is 4. The molecular formula is C14H23N3S. The Morgan fingerprint density at radius 3 is 2.83 bits per heavy atom. The largest absolute Gasteiger partial charge is 0.370 e. The standard InChI is InChI=1S/C14H23N3S/c1-10(9-13-8-7-11(2)18-13)16-14(15)17-12-5-3-4-6-12/h7-8,10,12H,3-6,9H2,1-2H3,(H3,15,16,17). The Morgan fingerprint density at radius 1 is 1.50 bits per heavy atom. The van der Waals surface area contributed by atoms with Crippen molar-refractivity contribution in [2.45, 2.75) is 58.0 Å². The minimum absolute atomic E-state index is 0.341. The van der Waals surface area contributed by atoms with Gasteiger partial charge < -0.3 is 11.1 Å². The first-order chi connectivity index (χ1) is 8.63. The van der Waals surface area contributed by atoms with Crippen LogP contribution in [0, 0.1) is 6.92 Å². The number of aryl methyl sites for hydroxylation is 1. The zero-order chi connectivity index (χ0) is 13.0. The van der Waals surface area contributed by atoms with Crippen LogP contribution in [0.1, 0.15) is 42.4 Å². The lowest BCUT2D eigenvalue weighted by atomic mass is 10.2. The van der Waals surface area contributed by atoms with Gasteiger partial charge in [-0.25, -0.2) is 0 Å². The van der Waals surface area contributed by atoms with E-state index in [1.54, 1.807) is 0 Å². The van der Waals surface area contributed by atoms with Gasteiger partial charge >= 0.3 is 0 Å². The summed E-state index contributed by atoms with van der Waals surface area (Å²) in [6.45, 7) is 4.30. The number of nitrogens with one attached hydrogen (secondary N) is 1. The molecule has 0 aromatic carbocycles. The Bertz CT molecular complexity index is 405. The summed E-state index contributed by atoms with van der Waals surface area (Å²) < 4.78 is 0. The third-order valence-corrected chi connectivity index (χ3v) is 4.37. The van der Waals surface area contributed by atoms with E-state index in [0.717, 1.165) is 6.42 Å².